The first kappa shape index (κ1) is 13.6. The normalized spacial score (nSPS) is 19.6. The standard InChI is InChI=1S/C16H20N2OS/c1-17-16(19)8-12-6-7-18(9-12)10-13-11-20-15-5-3-2-4-14(13)15/h2-5,11-12H,6-10H2,1H3,(H,17,19)/t12-/m1/s1. The van der Waals surface area contributed by atoms with Crippen molar-refractivity contribution in [3.05, 3.63) is 35.2 Å². The fraction of sp³-hybridized carbons (Fsp3) is 0.438. The molecule has 1 saturated heterocycles. The Bertz CT molecular complexity index is 607. The molecular weight excluding hydrogens is 268 g/mol. The van der Waals surface area contributed by atoms with Gasteiger partial charge in [0.05, 0.1) is 0 Å². The van der Waals surface area contributed by atoms with Crippen LogP contribution in [0.3, 0.4) is 0 Å². The lowest BCUT2D eigenvalue weighted by Gasteiger charge is -2.15. The molecule has 3 nitrogen and oxygen atoms in total. The summed E-state index contributed by atoms with van der Waals surface area (Å²) in [5, 5.41) is 6.38. The van der Waals surface area contributed by atoms with Crippen LogP contribution in [0.1, 0.15) is 18.4 Å². The summed E-state index contributed by atoms with van der Waals surface area (Å²) < 4.78 is 1.36. The van der Waals surface area contributed by atoms with Crippen LogP contribution in [0.2, 0.25) is 0 Å². The predicted molar refractivity (Wildman–Crippen MR) is 83.9 cm³/mol. The maximum absolute atomic E-state index is 11.4. The van der Waals surface area contributed by atoms with Crippen LogP contribution in [-0.4, -0.2) is 30.9 Å². The van der Waals surface area contributed by atoms with Crippen LogP contribution in [0.25, 0.3) is 10.1 Å². The molecule has 1 fully saturated rings. The molecule has 1 aromatic carbocycles. The van der Waals surface area contributed by atoms with Crippen molar-refractivity contribution < 1.29 is 4.79 Å². The highest BCUT2D eigenvalue weighted by molar-refractivity contribution is 7.17. The number of carbonyl (C=O) groups excluding carboxylic acids is 1. The Labute approximate surface area is 123 Å². The monoisotopic (exact) mass is 288 g/mol. The van der Waals surface area contributed by atoms with Gasteiger partial charge < -0.3 is 5.32 Å². The van der Waals surface area contributed by atoms with Gasteiger partial charge in [-0.3, -0.25) is 9.69 Å². The first-order chi connectivity index (χ1) is 9.76. The third kappa shape index (κ3) is 2.86. The number of nitrogens with zero attached hydrogens (tertiary/aromatic N) is 1. The van der Waals surface area contributed by atoms with Crippen molar-refractivity contribution in [1.29, 1.82) is 0 Å². The van der Waals surface area contributed by atoms with Crippen molar-refractivity contribution in [3.63, 3.8) is 0 Å². The topological polar surface area (TPSA) is 32.3 Å². The third-order valence-electron chi connectivity index (χ3n) is 4.08. The van der Waals surface area contributed by atoms with Crippen LogP contribution in [0.5, 0.6) is 0 Å². The number of hydrogen-bond acceptors (Lipinski definition) is 3. The summed E-state index contributed by atoms with van der Waals surface area (Å²) in [5.74, 6) is 0.678. The quantitative estimate of drug-likeness (QED) is 0.938. The lowest BCUT2D eigenvalue weighted by Crippen LogP contribution is -2.24. The maximum atomic E-state index is 11.4. The van der Waals surface area contributed by atoms with Crippen molar-refractivity contribution >= 4 is 27.3 Å². The van der Waals surface area contributed by atoms with E-state index in [1.807, 2.05) is 11.3 Å². The predicted octanol–water partition coefficient (Wildman–Crippen LogP) is 2.86. The molecule has 0 aliphatic carbocycles. The number of thiophene rings is 1. The van der Waals surface area contributed by atoms with Gasteiger partial charge in [-0.2, -0.15) is 0 Å². The Kier molecular flexibility index (Phi) is 4.03. The molecule has 0 spiro atoms. The van der Waals surface area contributed by atoms with Crippen LogP contribution in [-0.2, 0) is 11.3 Å². The summed E-state index contributed by atoms with van der Waals surface area (Å²) in [5.41, 5.74) is 1.42. The zero-order valence-corrected chi connectivity index (χ0v) is 12.6. The molecule has 1 atom stereocenters. The summed E-state index contributed by atoms with van der Waals surface area (Å²) in [7, 11) is 1.71. The summed E-state index contributed by atoms with van der Waals surface area (Å²) in [4.78, 5) is 13.9. The zero-order valence-electron chi connectivity index (χ0n) is 11.8. The van der Waals surface area contributed by atoms with Gasteiger partial charge in [0, 0.05) is 31.3 Å². The van der Waals surface area contributed by atoms with Crippen molar-refractivity contribution in [2.75, 3.05) is 20.1 Å². The van der Waals surface area contributed by atoms with Crippen molar-refractivity contribution in [1.82, 2.24) is 10.2 Å². The highest BCUT2D eigenvalue weighted by Gasteiger charge is 2.24. The van der Waals surface area contributed by atoms with Gasteiger partial charge >= 0.3 is 0 Å². The van der Waals surface area contributed by atoms with Gasteiger partial charge in [0.15, 0.2) is 0 Å². The molecule has 4 heteroatoms. The van der Waals surface area contributed by atoms with E-state index in [-0.39, 0.29) is 5.91 Å². The van der Waals surface area contributed by atoms with Gasteiger partial charge in [0.2, 0.25) is 5.91 Å². The highest BCUT2D eigenvalue weighted by atomic mass is 32.1. The van der Waals surface area contributed by atoms with Gasteiger partial charge in [-0.1, -0.05) is 18.2 Å². The van der Waals surface area contributed by atoms with E-state index >= 15 is 0 Å². The van der Waals surface area contributed by atoms with Gasteiger partial charge in [-0.15, -0.1) is 11.3 Å². The highest BCUT2D eigenvalue weighted by Crippen LogP contribution is 2.28. The maximum Gasteiger partial charge on any atom is 0.220 e. The van der Waals surface area contributed by atoms with E-state index in [4.69, 9.17) is 0 Å². The summed E-state index contributed by atoms with van der Waals surface area (Å²) in [6.07, 6.45) is 1.80. The fourth-order valence-corrected chi connectivity index (χ4v) is 3.94. The average molecular weight is 288 g/mol. The second-order valence-electron chi connectivity index (χ2n) is 5.52. The van der Waals surface area contributed by atoms with E-state index in [0.717, 1.165) is 26.1 Å². The van der Waals surface area contributed by atoms with Gasteiger partial charge in [0.25, 0.3) is 0 Å². The Hall–Kier alpha value is -1.39. The van der Waals surface area contributed by atoms with E-state index in [0.29, 0.717) is 12.3 Å². The lowest BCUT2D eigenvalue weighted by molar-refractivity contribution is -0.121. The number of carbonyl (C=O) groups is 1. The number of rotatable bonds is 4. The number of hydrogen-bond donors (Lipinski definition) is 1. The minimum atomic E-state index is 0.165. The molecule has 0 bridgehead atoms. The molecule has 1 aromatic heterocycles. The van der Waals surface area contributed by atoms with E-state index in [1.165, 1.54) is 15.6 Å². The molecule has 2 heterocycles. The molecule has 0 saturated carbocycles. The van der Waals surface area contributed by atoms with Crippen molar-refractivity contribution in [2.24, 2.45) is 5.92 Å². The Morgan fingerprint density at radius 2 is 2.30 bits per heavy atom. The molecule has 1 aliphatic heterocycles. The summed E-state index contributed by atoms with van der Waals surface area (Å²) >= 11 is 1.82. The third-order valence-corrected chi connectivity index (χ3v) is 5.09. The molecular formula is C16H20N2OS. The number of likely N-dealkylation sites (tertiary alicyclic amines) is 1. The Morgan fingerprint density at radius 3 is 3.15 bits per heavy atom. The molecule has 1 amide bonds. The van der Waals surface area contributed by atoms with Gasteiger partial charge in [0.1, 0.15) is 0 Å². The van der Waals surface area contributed by atoms with Crippen molar-refractivity contribution in [3.8, 4) is 0 Å². The zero-order chi connectivity index (χ0) is 13.9. The largest absolute Gasteiger partial charge is 0.359 e. The first-order valence-corrected chi connectivity index (χ1v) is 8.02. The molecule has 0 unspecified atom stereocenters. The first-order valence-electron chi connectivity index (χ1n) is 7.14. The lowest BCUT2D eigenvalue weighted by atomic mass is 10.0. The van der Waals surface area contributed by atoms with E-state index in [9.17, 15) is 4.79 Å². The number of benzene rings is 1. The van der Waals surface area contributed by atoms with Crippen LogP contribution < -0.4 is 5.32 Å². The van der Waals surface area contributed by atoms with E-state index < -0.39 is 0 Å². The number of amides is 1. The van der Waals surface area contributed by atoms with E-state index in [2.05, 4.69) is 39.9 Å². The smallest absolute Gasteiger partial charge is 0.220 e. The summed E-state index contributed by atoms with van der Waals surface area (Å²) in [6, 6.07) is 8.59. The summed E-state index contributed by atoms with van der Waals surface area (Å²) in [6.45, 7) is 3.15. The molecule has 0 radical (unpaired) electrons. The minimum absolute atomic E-state index is 0.165. The molecule has 1 N–H and O–H groups in total. The number of fused-ring (bicyclic) bond motifs is 1. The van der Waals surface area contributed by atoms with Crippen molar-refractivity contribution in [2.45, 2.75) is 19.4 Å². The second kappa shape index (κ2) is 5.94. The molecule has 20 heavy (non-hydrogen) atoms. The van der Waals surface area contributed by atoms with Crippen LogP contribution in [0.15, 0.2) is 29.6 Å². The molecule has 1 aliphatic rings. The van der Waals surface area contributed by atoms with E-state index in [1.54, 1.807) is 7.05 Å². The SMILES string of the molecule is CNC(=O)C[C@H]1CCN(Cc2csc3ccccc23)C1. The van der Waals surface area contributed by atoms with Gasteiger partial charge in [-0.05, 0) is 41.3 Å². The van der Waals surface area contributed by atoms with Gasteiger partial charge in [-0.25, -0.2) is 0 Å². The minimum Gasteiger partial charge on any atom is -0.359 e. The number of nitrogens with one attached hydrogen (secondary N) is 1. The molecule has 106 valence electrons. The van der Waals surface area contributed by atoms with Crippen LogP contribution in [0, 0.1) is 5.92 Å². The molecule has 2 aromatic rings. The van der Waals surface area contributed by atoms with Crippen LogP contribution in [0.4, 0.5) is 0 Å². The molecule has 3 rings (SSSR count). The fourth-order valence-electron chi connectivity index (χ4n) is 2.98. The average Bonchev–Trinajstić information content (AvgIpc) is 3.07. The Balaban J connectivity index is 1.63. The second-order valence-corrected chi connectivity index (χ2v) is 6.44. The Morgan fingerprint density at radius 1 is 1.45 bits per heavy atom. The van der Waals surface area contributed by atoms with Crippen LogP contribution >= 0.6 is 11.3 Å².